The number of nitrogens with one attached hydrogen (secondary N) is 2. The summed E-state index contributed by atoms with van der Waals surface area (Å²) in [5.41, 5.74) is 9.65. The molecule has 178 valence electrons. The average molecular weight is 487 g/mol. The maximum Gasteiger partial charge on any atom is 0.244 e. The minimum atomic E-state index is -0.384. The van der Waals surface area contributed by atoms with Crippen molar-refractivity contribution in [3.8, 4) is 11.4 Å². The molecular weight excluding hydrogens is 460 g/mol. The van der Waals surface area contributed by atoms with Gasteiger partial charge in [-0.2, -0.15) is 4.98 Å². The molecule has 1 aliphatic carbocycles. The number of carbonyl (C=O) groups excluding carboxylic acids is 1. The number of aromatic nitrogens is 3. The molecule has 2 aromatic heterocycles. The predicted molar refractivity (Wildman–Crippen MR) is 136 cm³/mol. The van der Waals surface area contributed by atoms with E-state index in [4.69, 9.17) is 10.3 Å². The van der Waals surface area contributed by atoms with Crippen LogP contribution in [0.1, 0.15) is 37.3 Å². The summed E-state index contributed by atoms with van der Waals surface area (Å²) in [5.74, 6) is 0.989. The fourth-order valence-corrected chi connectivity index (χ4v) is 4.14. The van der Waals surface area contributed by atoms with Crippen LogP contribution in [0.15, 0.2) is 82.5 Å². The lowest BCUT2D eigenvalue weighted by Crippen LogP contribution is -2.21. The third kappa shape index (κ3) is 5.70. The molecule has 2 heterocycles. The van der Waals surface area contributed by atoms with Gasteiger partial charge in [0, 0.05) is 39.6 Å². The second-order valence-corrected chi connectivity index (χ2v) is 9.83. The van der Waals surface area contributed by atoms with Crippen molar-refractivity contribution in [1.82, 2.24) is 15.1 Å². The van der Waals surface area contributed by atoms with E-state index in [2.05, 4.69) is 25.2 Å². The summed E-state index contributed by atoms with van der Waals surface area (Å²) in [7, 11) is 0. The maximum absolute atomic E-state index is 12.3. The molecule has 4 N–H and O–H groups in total. The van der Waals surface area contributed by atoms with Gasteiger partial charge in [-0.15, -0.1) is 0 Å². The Bertz CT molecular complexity index is 1300. The van der Waals surface area contributed by atoms with Crippen LogP contribution >= 0.6 is 11.9 Å². The number of nitrogens with zero attached hydrogens (tertiary/aromatic N) is 3. The standard InChI is InChI=1S/C26H26N6O2S/c1-26(11-12-26)25(33)29-19-3-2-4-20(16-19)32-35-21-7-5-18(6-8-21)23-30-24(34-31-23)22(27)15-17-9-13-28-14-10-17/h2-10,13-14,16,22,32H,11-12,15,27H2,1H3,(H,29,33). The highest BCUT2D eigenvalue weighted by Gasteiger charge is 2.44. The fourth-order valence-electron chi connectivity index (χ4n) is 3.51. The zero-order valence-electron chi connectivity index (χ0n) is 19.3. The number of amides is 1. The lowest BCUT2D eigenvalue weighted by atomic mass is 10.1. The Morgan fingerprint density at radius 1 is 1.11 bits per heavy atom. The van der Waals surface area contributed by atoms with Gasteiger partial charge in [0.1, 0.15) is 0 Å². The summed E-state index contributed by atoms with van der Waals surface area (Å²) in [6.07, 6.45) is 5.97. The molecule has 0 radical (unpaired) electrons. The highest BCUT2D eigenvalue weighted by Crippen LogP contribution is 2.45. The van der Waals surface area contributed by atoms with E-state index in [0.29, 0.717) is 18.1 Å². The number of nitrogens with two attached hydrogens (primary N) is 1. The second-order valence-electron chi connectivity index (χ2n) is 8.95. The van der Waals surface area contributed by atoms with E-state index >= 15 is 0 Å². The summed E-state index contributed by atoms with van der Waals surface area (Å²) in [6, 6.07) is 19.0. The van der Waals surface area contributed by atoms with Crippen molar-refractivity contribution in [2.45, 2.75) is 37.1 Å². The average Bonchev–Trinajstić information content (AvgIpc) is 3.44. The lowest BCUT2D eigenvalue weighted by Gasteiger charge is -2.12. The minimum Gasteiger partial charge on any atom is -0.337 e. The monoisotopic (exact) mass is 486 g/mol. The van der Waals surface area contributed by atoms with E-state index in [9.17, 15) is 4.79 Å². The number of rotatable bonds is 9. The van der Waals surface area contributed by atoms with Crippen LogP contribution in [-0.2, 0) is 11.2 Å². The van der Waals surface area contributed by atoms with E-state index in [0.717, 1.165) is 40.2 Å². The van der Waals surface area contributed by atoms with E-state index in [1.807, 2.05) is 67.6 Å². The molecule has 1 fully saturated rings. The Labute approximate surface area is 207 Å². The van der Waals surface area contributed by atoms with Crippen molar-refractivity contribution in [3.05, 3.63) is 84.5 Å². The smallest absolute Gasteiger partial charge is 0.244 e. The van der Waals surface area contributed by atoms with Crippen molar-refractivity contribution in [3.63, 3.8) is 0 Å². The van der Waals surface area contributed by atoms with Crippen LogP contribution < -0.4 is 15.8 Å². The number of hydrogen-bond acceptors (Lipinski definition) is 8. The van der Waals surface area contributed by atoms with Crippen molar-refractivity contribution >= 4 is 29.2 Å². The van der Waals surface area contributed by atoms with Gasteiger partial charge in [0.05, 0.1) is 6.04 Å². The van der Waals surface area contributed by atoms with Crippen LogP contribution in [0.25, 0.3) is 11.4 Å². The van der Waals surface area contributed by atoms with Crippen LogP contribution in [0.2, 0.25) is 0 Å². The normalized spacial score (nSPS) is 14.8. The van der Waals surface area contributed by atoms with E-state index in [-0.39, 0.29) is 17.4 Å². The van der Waals surface area contributed by atoms with Crippen LogP contribution in [-0.4, -0.2) is 21.0 Å². The molecule has 2 aromatic carbocycles. The van der Waals surface area contributed by atoms with Gasteiger partial charge in [-0.05, 0) is 91.4 Å². The van der Waals surface area contributed by atoms with E-state index < -0.39 is 0 Å². The quantitative estimate of drug-likeness (QED) is 0.275. The number of hydrogen-bond donors (Lipinski definition) is 3. The Morgan fingerprint density at radius 3 is 2.60 bits per heavy atom. The third-order valence-corrected chi connectivity index (χ3v) is 6.88. The molecule has 9 heteroatoms. The Kier molecular flexibility index (Phi) is 6.52. The van der Waals surface area contributed by atoms with Crippen LogP contribution in [0.5, 0.6) is 0 Å². The summed E-state index contributed by atoms with van der Waals surface area (Å²) in [6.45, 7) is 2.00. The fraction of sp³-hybridized carbons (Fsp3) is 0.231. The summed E-state index contributed by atoms with van der Waals surface area (Å²) in [5, 5.41) is 7.10. The third-order valence-electron chi connectivity index (χ3n) is 6.03. The van der Waals surface area contributed by atoms with Crippen molar-refractivity contribution < 1.29 is 9.32 Å². The highest BCUT2D eigenvalue weighted by atomic mass is 32.2. The molecule has 5 rings (SSSR count). The molecule has 1 saturated carbocycles. The Balaban J connectivity index is 1.17. The summed E-state index contributed by atoms with van der Waals surface area (Å²) >= 11 is 1.48. The molecule has 35 heavy (non-hydrogen) atoms. The van der Waals surface area contributed by atoms with Crippen LogP contribution in [0.3, 0.4) is 0 Å². The molecule has 1 unspecified atom stereocenters. The first-order valence-electron chi connectivity index (χ1n) is 11.4. The SMILES string of the molecule is CC1(C(=O)Nc2cccc(NSc3ccc(-c4noc(C(N)Cc5ccncc5)n4)cc3)c2)CC1. The van der Waals surface area contributed by atoms with Gasteiger partial charge < -0.3 is 20.3 Å². The van der Waals surface area contributed by atoms with E-state index in [1.54, 1.807) is 12.4 Å². The zero-order chi connectivity index (χ0) is 24.3. The lowest BCUT2D eigenvalue weighted by molar-refractivity contribution is -0.120. The van der Waals surface area contributed by atoms with Crippen LogP contribution in [0.4, 0.5) is 11.4 Å². The molecule has 4 aromatic rings. The second kappa shape index (κ2) is 9.89. The summed E-state index contributed by atoms with van der Waals surface area (Å²) in [4.78, 5) is 21.8. The first-order chi connectivity index (χ1) is 17.0. The molecule has 0 bridgehead atoms. The van der Waals surface area contributed by atoms with Gasteiger partial charge >= 0.3 is 0 Å². The first kappa shape index (κ1) is 23.1. The topological polar surface area (TPSA) is 119 Å². The molecule has 0 spiro atoms. The number of pyridine rings is 1. The predicted octanol–water partition coefficient (Wildman–Crippen LogP) is 5.23. The molecule has 0 aliphatic heterocycles. The number of anilines is 2. The van der Waals surface area contributed by atoms with Gasteiger partial charge in [-0.1, -0.05) is 18.1 Å². The van der Waals surface area contributed by atoms with E-state index in [1.165, 1.54) is 11.9 Å². The maximum atomic E-state index is 12.3. The van der Waals surface area contributed by atoms with Gasteiger partial charge in [-0.25, -0.2) is 0 Å². The van der Waals surface area contributed by atoms with Crippen molar-refractivity contribution in [2.75, 3.05) is 10.0 Å². The van der Waals surface area contributed by atoms with Gasteiger partial charge in [0.2, 0.25) is 17.6 Å². The van der Waals surface area contributed by atoms with Crippen molar-refractivity contribution in [2.24, 2.45) is 11.1 Å². The van der Waals surface area contributed by atoms with Gasteiger partial charge in [-0.3, -0.25) is 9.78 Å². The Hall–Kier alpha value is -3.69. The molecule has 0 saturated heterocycles. The summed E-state index contributed by atoms with van der Waals surface area (Å²) < 4.78 is 8.73. The molecule has 1 atom stereocenters. The molecule has 1 amide bonds. The Morgan fingerprint density at radius 2 is 1.86 bits per heavy atom. The molecule has 8 nitrogen and oxygen atoms in total. The van der Waals surface area contributed by atoms with Gasteiger partial charge in [0.15, 0.2) is 0 Å². The minimum absolute atomic E-state index is 0.0841. The molecular formula is C26H26N6O2S. The van der Waals surface area contributed by atoms with Crippen molar-refractivity contribution in [1.29, 1.82) is 0 Å². The largest absolute Gasteiger partial charge is 0.337 e. The molecule has 1 aliphatic rings. The van der Waals surface area contributed by atoms with Gasteiger partial charge in [0.25, 0.3) is 0 Å². The number of benzene rings is 2. The first-order valence-corrected chi connectivity index (χ1v) is 12.2. The highest BCUT2D eigenvalue weighted by molar-refractivity contribution is 8.00. The number of carbonyl (C=O) groups is 1. The van der Waals surface area contributed by atoms with Crippen LogP contribution in [0, 0.1) is 5.41 Å². The zero-order valence-corrected chi connectivity index (χ0v) is 20.1.